The molecule has 1 aliphatic rings. The van der Waals surface area contributed by atoms with Gasteiger partial charge in [0.2, 0.25) is 0 Å². The summed E-state index contributed by atoms with van der Waals surface area (Å²) >= 11 is 1.70. The van der Waals surface area contributed by atoms with Crippen molar-refractivity contribution in [3.05, 3.63) is 40.1 Å². The Bertz CT molecular complexity index is 637. The zero-order valence-corrected chi connectivity index (χ0v) is 13.1. The lowest BCUT2D eigenvalue weighted by Crippen LogP contribution is -2.35. The molecule has 1 aliphatic heterocycles. The predicted molar refractivity (Wildman–Crippen MR) is 83.9 cm³/mol. The summed E-state index contributed by atoms with van der Waals surface area (Å²) in [7, 11) is 2.07. The van der Waals surface area contributed by atoms with Crippen LogP contribution in [0.15, 0.2) is 23.8 Å². The molecule has 0 saturated carbocycles. The number of piperidine rings is 1. The first-order chi connectivity index (χ1) is 10.2. The van der Waals surface area contributed by atoms with E-state index in [-0.39, 0.29) is 0 Å². The lowest BCUT2D eigenvalue weighted by Gasteiger charge is -2.32. The summed E-state index contributed by atoms with van der Waals surface area (Å²) in [5.41, 5.74) is 0.788. The maximum atomic E-state index is 8.90. The van der Waals surface area contributed by atoms with Gasteiger partial charge in [-0.3, -0.25) is 4.90 Å². The van der Waals surface area contributed by atoms with Crippen LogP contribution in [0.3, 0.4) is 0 Å². The van der Waals surface area contributed by atoms with Gasteiger partial charge in [0, 0.05) is 49.2 Å². The molecule has 0 spiro atoms. The Morgan fingerprint density at radius 3 is 3.14 bits per heavy atom. The fourth-order valence-corrected chi connectivity index (χ4v) is 3.91. The van der Waals surface area contributed by atoms with E-state index >= 15 is 0 Å². The number of nitrogens with zero attached hydrogens (tertiary/aromatic N) is 4. The molecule has 2 aromatic heterocycles. The first-order valence-corrected chi connectivity index (χ1v) is 8.28. The highest BCUT2D eigenvalue weighted by Gasteiger charge is 2.21. The Morgan fingerprint density at radius 1 is 1.52 bits per heavy atom. The molecule has 4 nitrogen and oxygen atoms in total. The minimum Gasteiger partial charge on any atom is -0.338 e. The van der Waals surface area contributed by atoms with E-state index in [2.05, 4.69) is 27.6 Å². The monoisotopic (exact) mass is 300 g/mol. The van der Waals surface area contributed by atoms with Crippen molar-refractivity contribution in [3.63, 3.8) is 0 Å². The van der Waals surface area contributed by atoms with Crippen molar-refractivity contribution >= 4 is 11.3 Å². The second-order valence-corrected chi connectivity index (χ2v) is 6.81. The van der Waals surface area contributed by atoms with Crippen molar-refractivity contribution in [2.75, 3.05) is 13.1 Å². The van der Waals surface area contributed by atoms with Crippen LogP contribution in [0.2, 0.25) is 0 Å². The second-order valence-electron chi connectivity index (χ2n) is 5.82. The molecular weight excluding hydrogens is 280 g/mol. The second kappa shape index (κ2) is 6.42. The highest BCUT2D eigenvalue weighted by molar-refractivity contribution is 7.10. The molecule has 1 saturated heterocycles. The number of hydrogen-bond acceptors (Lipinski definition) is 4. The molecule has 1 unspecified atom stereocenters. The van der Waals surface area contributed by atoms with Gasteiger partial charge in [0.25, 0.3) is 0 Å². The average Bonchev–Trinajstić information content (AvgIpc) is 3.09. The minimum absolute atomic E-state index is 0.690. The van der Waals surface area contributed by atoms with Gasteiger partial charge in [0.15, 0.2) is 0 Å². The topological polar surface area (TPSA) is 44.9 Å². The predicted octanol–water partition coefficient (Wildman–Crippen LogP) is 2.81. The number of hydrogen-bond donors (Lipinski definition) is 0. The van der Waals surface area contributed by atoms with Crippen molar-refractivity contribution in [1.29, 1.82) is 5.26 Å². The smallest absolute Gasteiger partial charge is 0.108 e. The summed E-state index contributed by atoms with van der Waals surface area (Å²) in [5.74, 6) is 1.87. The quantitative estimate of drug-likeness (QED) is 0.872. The van der Waals surface area contributed by atoms with Gasteiger partial charge in [-0.25, -0.2) is 4.98 Å². The van der Waals surface area contributed by atoms with E-state index in [1.165, 1.54) is 23.5 Å². The van der Waals surface area contributed by atoms with E-state index in [9.17, 15) is 0 Å². The molecule has 0 amide bonds. The van der Waals surface area contributed by atoms with Gasteiger partial charge < -0.3 is 4.57 Å². The maximum Gasteiger partial charge on any atom is 0.108 e. The highest BCUT2D eigenvalue weighted by Crippen LogP contribution is 2.23. The average molecular weight is 300 g/mol. The molecular formula is C16H20N4S. The zero-order valence-electron chi connectivity index (χ0n) is 12.3. The first-order valence-electron chi connectivity index (χ1n) is 7.40. The van der Waals surface area contributed by atoms with Crippen molar-refractivity contribution in [3.8, 4) is 6.07 Å². The zero-order chi connectivity index (χ0) is 14.7. The molecule has 0 N–H and O–H groups in total. The molecule has 2 aromatic rings. The number of aryl methyl sites for hydroxylation is 1. The molecule has 3 rings (SSSR count). The Balaban J connectivity index is 1.58. The number of rotatable bonds is 4. The summed E-state index contributed by atoms with van der Waals surface area (Å²) in [5, 5.41) is 10.9. The summed E-state index contributed by atoms with van der Waals surface area (Å²) in [6.45, 7) is 3.27. The van der Waals surface area contributed by atoms with Crippen molar-refractivity contribution in [2.24, 2.45) is 13.0 Å². The van der Waals surface area contributed by atoms with Gasteiger partial charge in [-0.1, -0.05) is 0 Å². The minimum atomic E-state index is 0.690. The summed E-state index contributed by atoms with van der Waals surface area (Å²) in [6, 6.07) is 4.23. The fourth-order valence-electron chi connectivity index (χ4n) is 3.06. The van der Waals surface area contributed by atoms with Gasteiger partial charge >= 0.3 is 0 Å². The summed E-state index contributed by atoms with van der Waals surface area (Å²) < 4.78 is 2.12. The molecule has 1 fully saturated rings. The van der Waals surface area contributed by atoms with Gasteiger partial charge in [-0.15, -0.1) is 11.3 Å². The molecule has 0 aromatic carbocycles. The van der Waals surface area contributed by atoms with Crippen LogP contribution in [0.5, 0.6) is 0 Å². The van der Waals surface area contributed by atoms with Crippen molar-refractivity contribution in [1.82, 2.24) is 14.5 Å². The van der Waals surface area contributed by atoms with E-state index in [1.807, 2.05) is 23.8 Å². The summed E-state index contributed by atoms with van der Waals surface area (Å²) in [6.07, 6.45) is 7.51. The maximum absolute atomic E-state index is 8.90. The van der Waals surface area contributed by atoms with Gasteiger partial charge in [-0.05, 0) is 31.4 Å². The number of nitriles is 1. The van der Waals surface area contributed by atoms with Crippen LogP contribution >= 0.6 is 11.3 Å². The van der Waals surface area contributed by atoms with Crippen molar-refractivity contribution in [2.45, 2.75) is 25.8 Å². The first kappa shape index (κ1) is 14.3. The van der Waals surface area contributed by atoms with Crippen LogP contribution in [-0.4, -0.2) is 27.5 Å². The van der Waals surface area contributed by atoms with E-state index in [1.54, 1.807) is 11.3 Å². The SMILES string of the molecule is Cn1ccnc1CC1CCCN(Cc2cc(C#N)cs2)C1. The third kappa shape index (κ3) is 3.52. The number of aromatic nitrogens is 2. The van der Waals surface area contributed by atoms with Crippen LogP contribution in [0, 0.1) is 17.2 Å². The van der Waals surface area contributed by atoms with Crippen molar-refractivity contribution < 1.29 is 0 Å². The van der Waals surface area contributed by atoms with Gasteiger partial charge in [0.05, 0.1) is 5.56 Å². The van der Waals surface area contributed by atoms with Crippen LogP contribution < -0.4 is 0 Å². The largest absolute Gasteiger partial charge is 0.338 e. The van der Waals surface area contributed by atoms with Crippen LogP contribution in [-0.2, 0) is 20.0 Å². The Labute approximate surface area is 129 Å². The number of imidazole rings is 1. The lowest BCUT2D eigenvalue weighted by molar-refractivity contribution is 0.166. The molecule has 1 atom stereocenters. The van der Waals surface area contributed by atoms with Gasteiger partial charge in [-0.2, -0.15) is 5.26 Å². The van der Waals surface area contributed by atoms with Crippen LogP contribution in [0.25, 0.3) is 0 Å². The van der Waals surface area contributed by atoms with Gasteiger partial charge in [0.1, 0.15) is 11.9 Å². The lowest BCUT2D eigenvalue weighted by atomic mass is 9.94. The third-order valence-corrected chi connectivity index (χ3v) is 5.08. The molecule has 0 bridgehead atoms. The number of thiophene rings is 1. The standard InChI is InChI=1S/C16H20N4S/c1-19-6-4-18-16(19)8-13-3-2-5-20(10-13)11-15-7-14(9-17)12-21-15/h4,6-7,12-13H,2-3,5,8,10-11H2,1H3. The molecule has 5 heteroatoms. The molecule has 110 valence electrons. The Kier molecular flexibility index (Phi) is 4.37. The molecule has 0 aliphatic carbocycles. The van der Waals surface area contributed by atoms with E-state index in [0.717, 1.165) is 31.6 Å². The normalized spacial score (nSPS) is 19.5. The van der Waals surface area contributed by atoms with E-state index in [4.69, 9.17) is 5.26 Å². The summed E-state index contributed by atoms with van der Waals surface area (Å²) in [4.78, 5) is 8.26. The van der Waals surface area contributed by atoms with E-state index in [0.29, 0.717) is 5.92 Å². The van der Waals surface area contributed by atoms with Crippen LogP contribution in [0.4, 0.5) is 0 Å². The van der Waals surface area contributed by atoms with Crippen LogP contribution in [0.1, 0.15) is 29.1 Å². The molecule has 0 radical (unpaired) electrons. The molecule has 3 heterocycles. The Hall–Kier alpha value is -1.64. The number of likely N-dealkylation sites (tertiary alicyclic amines) is 1. The van der Waals surface area contributed by atoms with E-state index < -0.39 is 0 Å². The highest BCUT2D eigenvalue weighted by atomic mass is 32.1. The molecule has 21 heavy (non-hydrogen) atoms. The fraction of sp³-hybridized carbons (Fsp3) is 0.500. The third-order valence-electron chi connectivity index (χ3n) is 4.16. The Morgan fingerprint density at radius 2 is 2.43 bits per heavy atom.